The van der Waals surface area contributed by atoms with E-state index in [4.69, 9.17) is 5.11 Å². The Balaban J connectivity index is 2.37. The molecule has 0 unspecified atom stereocenters. The molecular formula is C15H16BrNO2. The number of halogens is 1. The molecule has 2 rings (SSSR count). The van der Waals surface area contributed by atoms with Crippen LogP contribution in [0.15, 0.2) is 41.4 Å². The number of hydrogen-bond donors (Lipinski definition) is 1. The molecule has 1 N–H and O–H groups in total. The molecule has 0 saturated heterocycles. The summed E-state index contributed by atoms with van der Waals surface area (Å²) in [5, 5.41) is 8.76. The lowest BCUT2D eigenvalue weighted by atomic mass is 10.1. The van der Waals surface area contributed by atoms with Crippen LogP contribution in [-0.4, -0.2) is 23.7 Å². The minimum atomic E-state index is -0.935. The second-order valence-corrected chi connectivity index (χ2v) is 5.46. The quantitative estimate of drug-likeness (QED) is 0.641. The SMILES string of the molecule is C=CCN(c1cc(Br)ccc1/C=C/C(=O)O)C1CC1. The van der Waals surface area contributed by atoms with Crippen LogP contribution >= 0.6 is 15.9 Å². The first-order valence-corrected chi connectivity index (χ1v) is 6.99. The summed E-state index contributed by atoms with van der Waals surface area (Å²) in [5.41, 5.74) is 1.97. The summed E-state index contributed by atoms with van der Waals surface area (Å²) in [5.74, 6) is -0.935. The van der Waals surface area contributed by atoms with Crippen molar-refractivity contribution in [3.63, 3.8) is 0 Å². The molecule has 4 heteroatoms. The monoisotopic (exact) mass is 321 g/mol. The Labute approximate surface area is 121 Å². The Bertz CT molecular complexity index is 521. The Morgan fingerprint density at radius 2 is 2.26 bits per heavy atom. The van der Waals surface area contributed by atoms with Crippen molar-refractivity contribution in [2.45, 2.75) is 18.9 Å². The number of nitrogens with zero attached hydrogens (tertiary/aromatic N) is 1. The molecule has 100 valence electrons. The Morgan fingerprint density at radius 1 is 1.53 bits per heavy atom. The van der Waals surface area contributed by atoms with Gasteiger partial charge in [0.25, 0.3) is 0 Å². The number of anilines is 1. The largest absolute Gasteiger partial charge is 0.478 e. The average Bonchev–Trinajstić information content (AvgIpc) is 3.18. The number of carboxylic acids is 1. The molecule has 1 aliphatic rings. The lowest BCUT2D eigenvalue weighted by Crippen LogP contribution is -2.26. The minimum absolute atomic E-state index is 0.546. The van der Waals surface area contributed by atoms with Gasteiger partial charge in [-0.05, 0) is 36.6 Å². The lowest BCUT2D eigenvalue weighted by Gasteiger charge is -2.25. The van der Waals surface area contributed by atoms with E-state index in [0.717, 1.165) is 22.3 Å². The minimum Gasteiger partial charge on any atom is -0.478 e. The first-order chi connectivity index (χ1) is 9.11. The van der Waals surface area contributed by atoms with Gasteiger partial charge in [-0.15, -0.1) is 6.58 Å². The van der Waals surface area contributed by atoms with Gasteiger partial charge in [0.15, 0.2) is 0 Å². The molecule has 3 nitrogen and oxygen atoms in total. The fourth-order valence-corrected chi connectivity index (χ4v) is 2.39. The van der Waals surface area contributed by atoms with Gasteiger partial charge in [0.1, 0.15) is 0 Å². The summed E-state index contributed by atoms with van der Waals surface area (Å²) >= 11 is 3.47. The molecule has 1 saturated carbocycles. The van der Waals surface area contributed by atoms with Gasteiger partial charge in [0, 0.05) is 28.8 Å². The number of aliphatic carboxylic acids is 1. The van der Waals surface area contributed by atoms with E-state index in [1.165, 1.54) is 18.9 Å². The van der Waals surface area contributed by atoms with Crippen molar-refractivity contribution in [3.05, 3.63) is 47.0 Å². The molecule has 0 amide bonds. The molecule has 0 bridgehead atoms. The van der Waals surface area contributed by atoms with Crippen molar-refractivity contribution in [2.75, 3.05) is 11.4 Å². The Morgan fingerprint density at radius 3 is 2.84 bits per heavy atom. The average molecular weight is 322 g/mol. The van der Waals surface area contributed by atoms with Crippen molar-refractivity contribution >= 4 is 33.7 Å². The smallest absolute Gasteiger partial charge is 0.328 e. The van der Waals surface area contributed by atoms with Gasteiger partial charge < -0.3 is 10.0 Å². The summed E-state index contributed by atoms with van der Waals surface area (Å²) in [6, 6.07) is 6.43. The first kappa shape index (κ1) is 13.9. The van der Waals surface area contributed by atoms with Crippen LogP contribution in [0.5, 0.6) is 0 Å². The third-order valence-electron chi connectivity index (χ3n) is 3.02. The van der Waals surface area contributed by atoms with E-state index in [2.05, 4.69) is 27.4 Å². The van der Waals surface area contributed by atoms with Crippen LogP contribution in [0.3, 0.4) is 0 Å². The third-order valence-corrected chi connectivity index (χ3v) is 3.51. The highest BCUT2D eigenvalue weighted by molar-refractivity contribution is 9.10. The molecular weight excluding hydrogens is 306 g/mol. The van der Waals surface area contributed by atoms with Crippen LogP contribution in [0.25, 0.3) is 6.08 Å². The summed E-state index contributed by atoms with van der Waals surface area (Å²) in [7, 11) is 0. The van der Waals surface area contributed by atoms with E-state index in [1.807, 2.05) is 24.3 Å². The van der Waals surface area contributed by atoms with E-state index < -0.39 is 5.97 Å². The van der Waals surface area contributed by atoms with Crippen molar-refractivity contribution in [2.24, 2.45) is 0 Å². The van der Waals surface area contributed by atoms with E-state index in [0.29, 0.717) is 6.04 Å². The molecule has 0 atom stereocenters. The number of carboxylic acid groups (broad SMARTS) is 1. The molecule has 0 radical (unpaired) electrons. The van der Waals surface area contributed by atoms with Gasteiger partial charge in [-0.3, -0.25) is 0 Å². The van der Waals surface area contributed by atoms with E-state index >= 15 is 0 Å². The highest BCUT2D eigenvalue weighted by Gasteiger charge is 2.29. The zero-order chi connectivity index (χ0) is 13.8. The van der Waals surface area contributed by atoms with Crippen molar-refractivity contribution in [1.82, 2.24) is 0 Å². The van der Waals surface area contributed by atoms with Crippen LogP contribution in [0, 0.1) is 0 Å². The zero-order valence-corrected chi connectivity index (χ0v) is 12.1. The normalized spacial score (nSPS) is 14.6. The van der Waals surface area contributed by atoms with Crippen molar-refractivity contribution in [3.8, 4) is 0 Å². The van der Waals surface area contributed by atoms with E-state index in [1.54, 1.807) is 6.08 Å². The predicted molar refractivity (Wildman–Crippen MR) is 81.4 cm³/mol. The highest BCUT2D eigenvalue weighted by atomic mass is 79.9. The number of carbonyl (C=O) groups is 1. The second-order valence-electron chi connectivity index (χ2n) is 4.55. The van der Waals surface area contributed by atoms with Crippen LogP contribution in [0.4, 0.5) is 5.69 Å². The molecule has 1 aromatic rings. The topological polar surface area (TPSA) is 40.5 Å². The van der Waals surface area contributed by atoms with Gasteiger partial charge in [-0.2, -0.15) is 0 Å². The first-order valence-electron chi connectivity index (χ1n) is 6.20. The molecule has 1 aromatic carbocycles. The van der Waals surface area contributed by atoms with Crippen molar-refractivity contribution in [1.29, 1.82) is 0 Å². The zero-order valence-electron chi connectivity index (χ0n) is 10.6. The Kier molecular flexibility index (Phi) is 4.43. The second kappa shape index (κ2) is 6.06. The van der Waals surface area contributed by atoms with Gasteiger partial charge in [-0.1, -0.05) is 28.1 Å². The van der Waals surface area contributed by atoms with Gasteiger partial charge in [0.2, 0.25) is 0 Å². The molecule has 0 aliphatic heterocycles. The number of benzene rings is 1. The van der Waals surface area contributed by atoms with Gasteiger partial charge >= 0.3 is 5.97 Å². The summed E-state index contributed by atoms with van der Waals surface area (Å²) in [6.45, 7) is 4.57. The molecule has 0 heterocycles. The maximum Gasteiger partial charge on any atom is 0.328 e. The van der Waals surface area contributed by atoms with E-state index in [9.17, 15) is 4.79 Å². The molecule has 1 fully saturated rings. The maximum atomic E-state index is 10.7. The number of hydrogen-bond acceptors (Lipinski definition) is 2. The van der Waals surface area contributed by atoms with Crippen LogP contribution in [0.2, 0.25) is 0 Å². The maximum absolute atomic E-state index is 10.7. The number of rotatable bonds is 6. The van der Waals surface area contributed by atoms with Crippen molar-refractivity contribution < 1.29 is 9.90 Å². The van der Waals surface area contributed by atoms with E-state index in [-0.39, 0.29) is 0 Å². The fourth-order valence-electron chi connectivity index (χ4n) is 2.04. The molecule has 1 aliphatic carbocycles. The third kappa shape index (κ3) is 3.70. The summed E-state index contributed by atoms with van der Waals surface area (Å²) in [4.78, 5) is 12.9. The van der Waals surface area contributed by atoms with Crippen LogP contribution in [-0.2, 0) is 4.79 Å². The summed E-state index contributed by atoms with van der Waals surface area (Å²) < 4.78 is 0.990. The van der Waals surface area contributed by atoms with Crippen LogP contribution in [0.1, 0.15) is 18.4 Å². The predicted octanol–water partition coefficient (Wildman–Crippen LogP) is 3.70. The van der Waals surface area contributed by atoms with Gasteiger partial charge in [0.05, 0.1) is 0 Å². The Hall–Kier alpha value is -1.55. The molecule has 0 spiro atoms. The highest BCUT2D eigenvalue weighted by Crippen LogP contribution is 2.35. The molecule has 19 heavy (non-hydrogen) atoms. The lowest BCUT2D eigenvalue weighted by molar-refractivity contribution is -0.131. The standard InChI is InChI=1S/C15H16BrNO2/c1-2-9-17(13-6-7-13)14-10-12(16)5-3-11(14)4-8-15(18)19/h2-5,8,10,13H,1,6-7,9H2,(H,18,19)/b8-4+. The molecule has 0 aromatic heterocycles. The van der Waals surface area contributed by atoms with Crippen LogP contribution < -0.4 is 4.90 Å². The van der Waals surface area contributed by atoms with Gasteiger partial charge in [-0.25, -0.2) is 4.79 Å². The fraction of sp³-hybridized carbons (Fsp3) is 0.267. The summed E-state index contributed by atoms with van der Waals surface area (Å²) in [6.07, 6.45) is 7.06.